The first-order chi connectivity index (χ1) is 16.9. The van der Waals surface area contributed by atoms with E-state index in [9.17, 15) is 9.18 Å². The van der Waals surface area contributed by atoms with Crippen LogP contribution in [0.1, 0.15) is 39.9 Å². The molecule has 0 saturated heterocycles. The van der Waals surface area contributed by atoms with Gasteiger partial charge in [0.25, 0.3) is 5.91 Å². The zero-order chi connectivity index (χ0) is 24.8. The molecule has 0 unspecified atom stereocenters. The van der Waals surface area contributed by atoms with Gasteiger partial charge in [-0.2, -0.15) is 0 Å². The Labute approximate surface area is 205 Å². The molecule has 2 N–H and O–H groups in total. The molecule has 0 fully saturated rings. The molecular weight excluding hydrogens is 445 g/mol. The maximum absolute atomic E-state index is 13.7. The molecule has 0 aromatic heterocycles. The van der Waals surface area contributed by atoms with E-state index < -0.39 is 0 Å². The van der Waals surface area contributed by atoms with Crippen molar-refractivity contribution in [2.75, 3.05) is 20.8 Å². The highest BCUT2D eigenvalue weighted by molar-refractivity contribution is 5.96. The third kappa shape index (κ3) is 6.18. The Morgan fingerprint density at radius 2 is 1.71 bits per heavy atom. The van der Waals surface area contributed by atoms with Gasteiger partial charge in [-0.25, -0.2) is 4.39 Å². The van der Waals surface area contributed by atoms with Crippen LogP contribution in [0.15, 0.2) is 59.6 Å². The van der Waals surface area contributed by atoms with Crippen LogP contribution in [-0.2, 0) is 13.1 Å². The van der Waals surface area contributed by atoms with Crippen LogP contribution in [0.5, 0.6) is 11.5 Å². The van der Waals surface area contributed by atoms with Crippen molar-refractivity contribution in [3.63, 3.8) is 0 Å². The maximum Gasteiger partial charge on any atom is 0.251 e. The molecule has 182 valence electrons. The maximum atomic E-state index is 13.7. The van der Waals surface area contributed by atoms with Gasteiger partial charge in [0.05, 0.1) is 20.1 Å². The molecule has 1 aliphatic rings. The summed E-state index contributed by atoms with van der Waals surface area (Å²) in [6, 6.07) is 16.0. The highest BCUT2D eigenvalue weighted by Gasteiger charge is 2.13. The number of hydrogen-bond acceptors (Lipinski definition) is 5. The van der Waals surface area contributed by atoms with E-state index in [-0.39, 0.29) is 11.7 Å². The normalized spacial score (nSPS) is 12.7. The van der Waals surface area contributed by atoms with Gasteiger partial charge in [0.2, 0.25) is 0 Å². The van der Waals surface area contributed by atoms with Crippen molar-refractivity contribution in [1.29, 1.82) is 0 Å². The molecule has 1 aliphatic heterocycles. The lowest BCUT2D eigenvalue weighted by molar-refractivity contribution is 0.0950. The number of aryl methyl sites for hydroxylation is 1. The average Bonchev–Trinajstić information content (AvgIpc) is 3.39. The molecule has 0 atom stereocenters. The van der Waals surface area contributed by atoms with Crippen molar-refractivity contribution < 1.29 is 18.7 Å². The molecule has 7 heteroatoms. The van der Waals surface area contributed by atoms with Crippen molar-refractivity contribution in [2.45, 2.75) is 32.9 Å². The Hall–Kier alpha value is -3.87. The summed E-state index contributed by atoms with van der Waals surface area (Å²) in [5, 5.41) is 6.37. The molecule has 1 amide bonds. The number of amides is 1. The number of hydrogen-bond donors (Lipinski definition) is 2. The fourth-order valence-corrected chi connectivity index (χ4v) is 4.17. The van der Waals surface area contributed by atoms with E-state index in [1.165, 1.54) is 12.1 Å². The number of aliphatic imine (C=N–C) groups is 1. The van der Waals surface area contributed by atoms with E-state index >= 15 is 0 Å². The number of halogens is 1. The van der Waals surface area contributed by atoms with Crippen LogP contribution in [0.3, 0.4) is 0 Å². The van der Waals surface area contributed by atoms with E-state index in [1.54, 1.807) is 26.4 Å². The third-order valence-corrected chi connectivity index (χ3v) is 5.99. The minimum absolute atomic E-state index is 0.201. The number of rotatable bonds is 8. The van der Waals surface area contributed by atoms with Gasteiger partial charge in [-0.3, -0.25) is 9.79 Å². The van der Waals surface area contributed by atoms with Crippen LogP contribution in [0.4, 0.5) is 4.39 Å². The zero-order valence-corrected chi connectivity index (χ0v) is 20.3. The second-order valence-corrected chi connectivity index (χ2v) is 8.57. The van der Waals surface area contributed by atoms with E-state index in [0.717, 1.165) is 53.0 Å². The predicted octanol–water partition coefficient (Wildman–Crippen LogP) is 5.03. The second kappa shape index (κ2) is 11.0. The van der Waals surface area contributed by atoms with Crippen molar-refractivity contribution >= 4 is 11.7 Å². The lowest BCUT2D eigenvalue weighted by Crippen LogP contribution is -2.24. The zero-order valence-electron chi connectivity index (χ0n) is 20.3. The first kappa shape index (κ1) is 24.3. The number of amidine groups is 1. The number of nitrogens with one attached hydrogen (secondary N) is 2. The van der Waals surface area contributed by atoms with Gasteiger partial charge in [0, 0.05) is 37.7 Å². The third-order valence-electron chi connectivity index (χ3n) is 5.99. The predicted molar refractivity (Wildman–Crippen MR) is 136 cm³/mol. The van der Waals surface area contributed by atoms with Crippen LogP contribution in [0, 0.1) is 12.7 Å². The lowest BCUT2D eigenvalue weighted by atomic mass is 9.96. The quantitative estimate of drug-likeness (QED) is 0.479. The average molecular weight is 476 g/mol. The molecule has 6 nitrogen and oxygen atoms in total. The first-order valence-corrected chi connectivity index (χ1v) is 11.6. The highest BCUT2D eigenvalue weighted by Crippen LogP contribution is 2.27. The first-order valence-electron chi connectivity index (χ1n) is 11.6. The number of carbonyl (C=O) groups is 1. The molecule has 4 rings (SSSR count). The van der Waals surface area contributed by atoms with E-state index in [2.05, 4.69) is 15.6 Å². The van der Waals surface area contributed by atoms with Gasteiger partial charge < -0.3 is 20.1 Å². The lowest BCUT2D eigenvalue weighted by Gasteiger charge is -2.14. The Balaban J connectivity index is 1.59. The van der Waals surface area contributed by atoms with Crippen LogP contribution < -0.4 is 20.1 Å². The number of ether oxygens (including phenoxy) is 2. The summed E-state index contributed by atoms with van der Waals surface area (Å²) in [6.07, 6.45) is 1.99. The molecular formula is C28H30FN3O3. The molecule has 0 saturated carbocycles. The molecule has 0 bridgehead atoms. The molecule has 3 aromatic rings. The van der Waals surface area contributed by atoms with Gasteiger partial charge in [-0.1, -0.05) is 6.07 Å². The van der Waals surface area contributed by atoms with Gasteiger partial charge in [-0.05, 0) is 83.6 Å². The summed E-state index contributed by atoms with van der Waals surface area (Å²) in [4.78, 5) is 17.7. The number of carbonyl (C=O) groups excluding carboxylic acids is 1. The molecule has 35 heavy (non-hydrogen) atoms. The largest absolute Gasteiger partial charge is 0.497 e. The molecule has 0 aliphatic carbocycles. The minimum Gasteiger partial charge on any atom is -0.497 e. The highest BCUT2D eigenvalue weighted by atomic mass is 19.1. The van der Waals surface area contributed by atoms with Crippen molar-refractivity contribution in [1.82, 2.24) is 10.6 Å². The molecule has 0 spiro atoms. The van der Waals surface area contributed by atoms with Crippen molar-refractivity contribution in [3.8, 4) is 22.6 Å². The fourth-order valence-electron chi connectivity index (χ4n) is 4.17. The molecule has 0 radical (unpaired) electrons. The number of methoxy groups -OCH3 is 2. The fraction of sp³-hybridized carbons (Fsp3) is 0.286. The number of benzene rings is 3. The van der Waals surface area contributed by atoms with Crippen LogP contribution in [0.25, 0.3) is 11.1 Å². The molecule has 3 aromatic carbocycles. The Kier molecular flexibility index (Phi) is 7.65. The van der Waals surface area contributed by atoms with Gasteiger partial charge >= 0.3 is 0 Å². The summed E-state index contributed by atoms with van der Waals surface area (Å²) in [7, 11) is 3.18. The Morgan fingerprint density at radius 3 is 2.37 bits per heavy atom. The summed E-state index contributed by atoms with van der Waals surface area (Å²) in [5.74, 6) is 1.82. The van der Waals surface area contributed by atoms with Gasteiger partial charge in [-0.15, -0.1) is 0 Å². The smallest absolute Gasteiger partial charge is 0.251 e. The summed E-state index contributed by atoms with van der Waals surface area (Å²) >= 11 is 0. The SMILES string of the molecule is COc1cc(CNC(=O)c2cc(CNC3=NCCC3)cc(-c3ccc(F)cc3C)c2)cc(OC)c1. The standard InChI is InChI=1S/C28H30FN3O3/c1-18-9-23(29)6-7-26(18)21-10-19(16-31-27-5-4-8-30-27)11-22(14-21)28(33)32-17-20-12-24(34-2)15-25(13-20)35-3/h6-7,9-15H,4-5,8,16-17H2,1-3H3,(H,30,31)(H,32,33). The Morgan fingerprint density at radius 1 is 0.971 bits per heavy atom. The summed E-state index contributed by atoms with van der Waals surface area (Å²) in [5.41, 5.74) is 4.91. The monoisotopic (exact) mass is 475 g/mol. The summed E-state index contributed by atoms with van der Waals surface area (Å²) in [6.45, 7) is 3.59. The van der Waals surface area contributed by atoms with E-state index in [0.29, 0.717) is 30.2 Å². The van der Waals surface area contributed by atoms with E-state index in [4.69, 9.17) is 9.47 Å². The number of nitrogens with zero attached hydrogens (tertiary/aromatic N) is 1. The van der Waals surface area contributed by atoms with Crippen LogP contribution in [-0.4, -0.2) is 32.5 Å². The summed E-state index contributed by atoms with van der Waals surface area (Å²) < 4.78 is 24.4. The van der Waals surface area contributed by atoms with Crippen LogP contribution in [0.2, 0.25) is 0 Å². The van der Waals surface area contributed by atoms with Gasteiger partial charge in [0.1, 0.15) is 17.3 Å². The second-order valence-electron chi connectivity index (χ2n) is 8.57. The molecule has 1 heterocycles. The van der Waals surface area contributed by atoms with Crippen molar-refractivity contribution in [3.05, 3.63) is 82.7 Å². The van der Waals surface area contributed by atoms with Gasteiger partial charge in [0.15, 0.2) is 0 Å². The Bertz CT molecular complexity index is 1230. The van der Waals surface area contributed by atoms with Crippen LogP contribution >= 0.6 is 0 Å². The minimum atomic E-state index is -0.282. The topological polar surface area (TPSA) is 72.0 Å². The van der Waals surface area contributed by atoms with E-state index in [1.807, 2.05) is 37.3 Å². The van der Waals surface area contributed by atoms with Crippen molar-refractivity contribution in [2.24, 2.45) is 4.99 Å².